The molecule has 4 heterocycles. The monoisotopic (exact) mass is 1370 g/mol. The smallest absolute Gasteiger partial charge is 0.219 e. The lowest BCUT2D eigenvalue weighted by molar-refractivity contribution is -0.401. The van der Waals surface area contributed by atoms with Crippen LogP contribution in [0.1, 0.15) is 188 Å². The van der Waals surface area contributed by atoms with Crippen LogP contribution >= 0.6 is 0 Å². The van der Waals surface area contributed by atoms with Crippen molar-refractivity contribution in [3.8, 4) is 0 Å². The third-order valence-corrected chi connectivity index (χ3v) is 19.1. The van der Waals surface area contributed by atoms with E-state index in [9.17, 15) is 32.1 Å². The number of allylic oxidation sites excluding steroid dienone is 12. The number of carbonyl (C=O) groups is 4. The molecule has 8 rings (SSSR count). The molecule has 0 aromatic heterocycles. The zero-order chi connectivity index (χ0) is 72.9. The molecule has 4 aliphatic rings. The van der Waals surface area contributed by atoms with Gasteiger partial charge in [0.15, 0.2) is 23.0 Å². The first-order valence-corrected chi connectivity index (χ1v) is 35.9. The normalized spacial score (nSPS) is 16.1. The summed E-state index contributed by atoms with van der Waals surface area (Å²) < 4.78 is 39.3. The average molecular weight is 1380 g/mol. The summed E-state index contributed by atoms with van der Waals surface area (Å²) in [7, 11) is -0.215. The Kier molecular flexibility index (Phi) is 35.8. The van der Waals surface area contributed by atoms with Gasteiger partial charge in [-0.15, -0.1) is 26.3 Å². The molecule has 15 heteroatoms. The lowest BCUT2D eigenvalue weighted by Gasteiger charge is -2.25. The number of nitrogens with zero attached hydrogens (tertiary/aromatic N) is 4. The molecule has 0 unspecified atom stereocenters. The Morgan fingerprint density at radius 3 is 1.43 bits per heavy atom. The van der Waals surface area contributed by atoms with Crippen LogP contribution in [0, 0.1) is 6.92 Å². The Labute approximate surface area is 596 Å². The quantitative estimate of drug-likeness (QED) is 0.0156. The summed E-state index contributed by atoms with van der Waals surface area (Å²) in [5.41, 5.74) is 15.6. The highest BCUT2D eigenvalue weighted by Crippen LogP contribution is 2.49. The second kappa shape index (κ2) is 40.8. The standard InChI is InChI=1S/C29H34N2O3S.C26H31N2.2C12H21NO2.2C2H4.ClH/c1-8-31-25-17-15-21(35(32,33)34)19-23(25)29(5,6)27(31)13-11-9-10-12-26-28(3,4)22-18-20(2)14-16-24(22)30(26)7;1-7-28-22-16-11-9-14-20(22)26(4,5)24(28)18-12-17-23-25(2,3)19-13-8-10-15-21(19)27(23)6;2*1-3-5-6-9-12(15)13-10-7-8-11(14)4-2;2*1-2;/h9-19H,8H2,1-7H3;8-18H,7H2,1-6H3;2*4H,2-3,5-10H2,1H3,(H,13,15);2*1-2H2;1H/q;+1;;;;;/p-1. The van der Waals surface area contributed by atoms with Crippen molar-refractivity contribution in [3.63, 3.8) is 0 Å². The molecule has 0 aliphatic carbocycles. The van der Waals surface area contributed by atoms with Crippen molar-refractivity contribution in [1.29, 1.82) is 0 Å². The summed E-state index contributed by atoms with van der Waals surface area (Å²) >= 11 is 0. The van der Waals surface area contributed by atoms with Gasteiger partial charge in [-0.3, -0.25) is 19.2 Å². The van der Waals surface area contributed by atoms with E-state index in [1.54, 1.807) is 6.07 Å². The van der Waals surface area contributed by atoms with E-state index < -0.39 is 15.5 Å². The number of hydrogen-bond donors (Lipinski definition) is 2. The van der Waals surface area contributed by atoms with Gasteiger partial charge in [-0.05, 0) is 140 Å². The van der Waals surface area contributed by atoms with Gasteiger partial charge >= 0.3 is 0 Å². The lowest BCUT2D eigenvalue weighted by atomic mass is 9.81. The van der Waals surface area contributed by atoms with E-state index in [0.29, 0.717) is 51.6 Å². The molecule has 0 saturated heterocycles. The van der Waals surface area contributed by atoms with Gasteiger partial charge in [0.05, 0.1) is 15.7 Å². The van der Waals surface area contributed by atoms with Crippen molar-refractivity contribution in [2.75, 3.05) is 50.1 Å². The van der Waals surface area contributed by atoms with Crippen molar-refractivity contribution in [3.05, 3.63) is 224 Å². The number of nitrogens with one attached hydrogen (secondary N) is 2. The number of halogens is 1. The predicted octanol–water partition coefficient (Wildman–Crippen LogP) is 14.7. The van der Waals surface area contributed by atoms with Crippen LogP contribution in [0.5, 0.6) is 0 Å². The molecule has 0 saturated carbocycles. The van der Waals surface area contributed by atoms with E-state index in [1.807, 2.05) is 12.2 Å². The van der Waals surface area contributed by atoms with E-state index in [2.05, 4.69) is 276 Å². The van der Waals surface area contributed by atoms with Crippen LogP contribution in [0.25, 0.3) is 0 Å². The predicted molar refractivity (Wildman–Crippen MR) is 408 cm³/mol. The van der Waals surface area contributed by atoms with E-state index in [1.165, 1.54) is 80.7 Å². The highest BCUT2D eigenvalue weighted by Gasteiger charge is 2.45. The van der Waals surface area contributed by atoms with Gasteiger partial charge in [0.2, 0.25) is 23.2 Å². The van der Waals surface area contributed by atoms with E-state index in [-0.39, 0.29) is 56.9 Å². The summed E-state index contributed by atoms with van der Waals surface area (Å²) in [6.07, 6.45) is 29.7. The first-order valence-electron chi connectivity index (χ1n) is 34.5. The van der Waals surface area contributed by atoms with Gasteiger partial charge in [0.1, 0.15) is 24.2 Å². The minimum absolute atomic E-state index is 0. The third-order valence-electron chi connectivity index (χ3n) is 18.3. The van der Waals surface area contributed by atoms with Crippen molar-refractivity contribution in [1.82, 2.24) is 10.6 Å². The van der Waals surface area contributed by atoms with E-state index in [4.69, 9.17) is 0 Å². The third kappa shape index (κ3) is 22.5. The molecule has 0 spiro atoms. The number of hydrogen-bond acceptors (Lipinski definition) is 9. The number of para-hydroxylation sites is 2. The molecule has 0 fully saturated rings. The number of fused-ring (bicyclic) bond motifs is 4. The van der Waals surface area contributed by atoms with Crippen LogP contribution < -0.4 is 32.8 Å². The molecule has 0 radical (unpaired) electrons. The lowest BCUT2D eigenvalue weighted by Crippen LogP contribution is -3.00. The molecular weight excluding hydrogens is 1260 g/mol. The Morgan fingerprint density at radius 1 is 0.510 bits per heavy atom. The minimum Gasteiger partial charge on any atom is -1.00 e. The van der Waals surface area contributed by atoms with Crippen molar-refractivity contribution in [2.24, 2.45) is 0 Å². The molecule has 4 aromatic carbocycles. The minimum atomic E-state index is -4.50. The SMILES string of the molecule is C=C.C=C.C=CC(=O)CCCNC(=O)CCCCC.C=CC(=O)CCCNC(=O)CCCCC.CCN1C(=CC=CC2=[N+](C)c3ccccc3C2(C)C)C(C)(C)c2ccccc21.CCN1C(=CC=CC=CC2=[N+](C)c3ccc(C)cc3C2(C)C)C(C)(C)c2cc(S(=O)(=O)[O-])ccc21.[Cl-]. The summed E-state index contributed by atoms with van der Waals surface area (Å²) in [4.78, 5) is 48.5. The van der Waals surface area contributed by atoms with Gasteiger partial charge in [-0.25, -0.2) is 8.42 Å². The molecule has 0 atom stereocenters. The zero-order valence-corrected chi connectivity index (χ0v) is 63.4. The highest BCUT2D eigenvalue weighted by molar-refractivity contribution is 7.85. The van der Waals surface area contributed by atoms with Gasteiger partial charge in [0.25, 0.3) is 0 Å². The number of carbonyl (C=O) groups excluding carboxylic acids is 4. The maximum atomic E-state index is 11.6. The second-order valence-corrected chi connectivity index (χ2v) is 27.8. The Morgan fingerprint density at radius 2 is 0.949 bits per heavy atom. The fourth-order valence-corrected chi connectivity index (χ4v) is 13.4. The fraction of sp³-hybridized carbons (Fsp3) is 0.422. The summed E-state index contributed by atoms with van der Waals surface area (Å²) in [6.45, 7) is 50.2. The Hall–Kier alpha value is -8.04. The number of likely N-dealkylation sites (N-methyl/N-ethyl adjacent to an activating group) is 2. The number of unbranched alkanes of at least 4 members (excludes halogenated alkanes) is 4. The van der Waals surface area contributed by atoms with Crippen LogP contribution in [0.3, 0.4) is 0 Å². The van der Waals surface area contributed by atoms with Crippen LogP contribution in [0.15, 0.2) is 201 Å². The molecular formula is C83H115ClN6O7S. The van der Waals surface area contributed by atoms with E-state index in [0.717, 1.165) is 68.6 Å². The van der Waals surface area contributed by atoms with Crippen molar-refractivity contribution >= 4 is 67.7 Å². The maximum absolute atomic E-state index is 11.6. The Bertz CT molecular complexity index is 3680. The number of ketones is 2. The van der Waals surface area contributed by atoms with Crippen molar-refractivity contribution < 1.29 is 53.7 Å². The average Bonchev–Trinajstić information content (AvgIpc) is 1.62. The summed E-state index contributed by atoms with van der Waals surface area (Å²) in [6, 6.07) is 28.8. The fourth-order valence-electron chi connectivity index (χ4n) is 12.9. The maximum Gasteiger partial charge on any atom is 0.219 e. The molecule has 4 aromatic rings. The summed E-state index contributed by atoms with van der Waals surface area (Å²) in [5, 5.41) is 5.59. The van der Waals surface area contributed by atoms with Gasteiger partial charge in [0, 0.05) is 121 Å². The van der Waals surface area contributed by atoms with Gasteiger partial charge in [-0.2, -0.15) is 9.15 Å². The molecule has 2 N–H and O–H groups in total. The number of amides is 2. The van der Waals surface area contributed by atoms with Gasteiger partial charge < -0.3 is 37.4 Å². The molecule has 13 nitrogen and oxygen atoms in total. The Balaban J connectivity index is 0.000000463. The van der Waals surface area contributed by atoms with Crippen LogP contribution in [-0.4, -0.2) is 97.2 Å². The molecule has 532 valence electrons. The largest absolute Gasteiger partial charge is 1.00 e. The molecule has 98 heavy (non-hydrogen) atoms. The molecule has 4 aliphatic heterocycles. The first-order chi connectivity index (χ1) is 46.0. The second-order valence-electron chi connectivity index (χ2n) is 26.4. The number of benzene rings is 4. The van der Waals surface area contributed by atoms with Crippen LogP contribution in [0.2, 0.25) is 0 Å². The van der Waals surface area contributed by atoms with Crippen molar-refractivity contribution in [2.45, 2.75) is 194 Å². The first kappa shape index (κ1) is 86.0. The molecule has 2 amide bonds. The topological polar surface area (TPSA) is 162 Å². The number of aryl methyl sites for hydroxylation is 1. The van der Waals surface area contributed by atoms with Crippen LogP contribution in [0.4, 0.5) is 22.7 Å². The zero-order valence-electron chi connectivity index (χ0n) is 61.8. The number of rotatable bonds is 26. The van der Waals surface area contributed by atoms with E-state index >= 15 is 0 Å². The molecule has 0 bridgehead atoms. The number of anilines is 2. The van der Waals surface area contributed by atoms with Crippen LogP contribution in [-0.2, 0) is 51.0 Å². The van der Waals surface area contributed by atoms with Gasteiger partial charge in [-0.1, -0.05) is 153 Å². The highest BCUT2D eigenvalue weighted by atomic mass is 35.5. The summed E-state index contributed by atoms with van der Waals surface area (Å²) in [5.74, 6) is 0.259.